The van der Waals surface area contributed by atoms with Crippen molar-refractivity contribution in [1.82, 2.24) is 4.31 Å². The second-order valence-corrected chi connectivity index (χ2v) is 8.28. The molecule has 20 heavy (non-hydrogen) atoms. The normalized spacial score (nSPS) is 13.5. The number of benzene rings is 1. The van der Waals surface area contributed by atoms with Gasteiger partial charge in [-0.3, -0.25) is 4.79 Å². The molecule has 112 valence electrons. The van der Waals surface area contributed by atoms with E-state index in [9.17, 15) is 13.2 Å². The van der Waals surface area contributed by atoms with Gasteiger partial charge in [-0.05, 0) is 40.5 Å². The summed E-state index contributed by atoms with van der Waals surface area (Å²) < 4.78 is 27.1. The zero-order valence-corrected chi connectivity index (χ0v) is 15.2. The van der Waals surface area contributed by atoms with Gasteiger partial charge in [0.25, 0.3) is 0 Å². The lowest BCUT2D eigenvalue weighted by Gasteiger charge is -2.20. The highest BCUT2D eigenvalue weighted by atomic mass is 79.9. The van der Waals surface area contributed by atoms with Gasteiger partial charge >= 0.3 is 5.97 Å². The molecule has 0 aliphatic rings. The lowest BCUT2D eigenvalue weighted by molar-refractivity contribution is -0.141. The summed E-state index contributed by atoms with van der Waals surface area (Å²) in [6.07, 6.45) is 0. The minimum absolute atomic E-state index is 0.0877. The maximum atomic E-state index is 12.5. The fourth-order valence-electron chi connectivity index (χ4n) is 1.56. The number of hydrogen-bond acceptors (Lipinski definition) is 3. The number of sulfonamides is 1. The van der Waals surface area contributed by atoms with Crippen LogP contribution in [0.1, 0.15) is 12.5 Å². The first-order valence-corrected chi connectivity index (χ1v) is 8.74. The number of halogens is 2. The Hall–Kier alpha value is -0.440. The zero-order valence-electron chi connectivity index (χ0n) is 11.2. The summed E-state index contributed by atoms with van der Waals surface area (Å²) in [5.74, 6) is -1.81. The first kappa shape index (κ1) is 17.6. The molecule has 0 aliphatic heterocycles. The van der Waals surface area contributed by atoms with Crippen molar-refractivity contribution in [2.45, 2.75) is 18.7 Å². The molecule has 1 aromatic rings. The monoisotopic (exact) mass is 427 g/mol. The Labute approximate surface area is 135 Å². The molecule has 1 unspecified atom stereocenters. The van der Waals surface area contributed by atoms with Crippen LogP contribution in [0.2, 0.25) is 0 Å². The van der Waals surface area contributed by atoms with Crippen LogP contribution in [-0.2, 0) is 14.8 Å². The Balaban J connectivity index is 3.17. The van der Waals surface area contributed by atoms with Crippen molar-refractivity contribution in [3.63, 3.8) is 0 Å². The first-order chi connectivity index (χ1) is 9.07. The summed E-state index contributed by atoms with van der Waals surface area (Å²) in [7, 11) is -2.37. The van der Waals surface area contributed by atoms with E-state index in [0.717, 1.165) is 9.87 Å². The van der Waals surface area contributed by atoms with Gasteiger partial charge in [0.2, 0.25) is 10.0 Å². The minimum Gasteiger partial charge on any atom is -0.481 e. The van der Waals surface area contributed by atoms with Crippen molar-refractivity contribution in [2.75, 3.05) is 13.6 Å². The van der Waals surface area contributed by atoms with E-state index in [-0.39, 0.29) is 11.4 Å². The van der Waals surface area contributed by atoms with Gasteiger partial charge in [0, 0.05) is 22.5 Å². The number of carboxylic acids is 1. The maximum absolute atomic E-state index is 12.5. The summed E-state index contributed by atoms with van der Waals surface area (Å²) in [4.78, 5) is 10.9. The van der Waals surface area contributed by atoms with Gasteiger partial charge in [0.15, 0.2) is 0 Å². The topological polar surface area (TPSA) is 74.7 Å². The van der Waals surface area contributed by atoms with Crippen molar-refractivity contribution in [3.05, 3.63) is 26.6 Å². The van der Waals surface area contributed by atoms with Crippen molar-refractivity contribution < 1.29 is 18.3 Å². The van der Waals surface area contributed by atoms with Crippen molar-refractivity contribution in [2.24, 2.45) is 5.92 Å². The molecule has 0 fully saturated rings. The standard InChI is InChI=1S/C12H15Br2NO4S/c1-7-4-10(14)11(5-9(7)13)20(18,19)15(3)6-8(2)12(16)17/h4-5,8H,6H2,1-3H3,(H,16,17). The molecular weight excluding hydrogens is 414 g/mol. The molecule has 1 aromatic carbocycles. The molecule has 8 heteroatoms. The summed E-state index contributed by atoms with van der Waals surface area (Å²) in [5.41, 5.74) is 0.900. The van der Waals surface area contributed by atoms with Crippen LogP contribution >= 0.6 is 31.9 Å². The number of nitrogens with zero attached hydrogens (tertiary/aromatic N) is 1. The van der Waals surface area contributed by atoms with E-state index in [1.807, 2.05) is 6.92 Å². The second-order valence-electron chi connectivity index (χ2n) is 4.56. The van der Waals surface area contributed by atoms with Crippen LogP contribution in [0, 0.1) is 12.8 Å². The third kappa shape index (κ3) is 3.81. The van der Waals surface area contributed by atoms with Crippen LogP contribution < -0.4 is 0 Å². The van der Waals surface area contributed by atoms with Crippen LogP contribution in [0.15, 0.2) is 26.0 Å². The highest BCUT2D eigenvalue weighted by Gasteiger charge is 2.27. The lowest BCUT2D eigenvalue weighted by Crippen LogP contribution is -2.33. The van der Waals surface area contributed by atoms with Gasteiger partial charge in [-0.1, -0.05) is 22.9 Å². The van der Waals surface area contributed by atoms with E-state index in [1.165, 1.54) is 20.0 Å². The largest absolute Gasteiger partial charge is 0.481 e. The Morgan fingerprint density at radius 3 is 2.40 bits per heavy atom. The zero-order chi connectivity index (χ0) is 15.7. The van der Waals surface area contributed by atoms with E-state index in [2.05, 4.69) is 31.9 Å². The predicted octanol–water partition coefficient (Wildman–Crippen LogP) is 2.86. The maximum Gasteiger partial charge on any atom is 0.307 e. The van der Waals surface area contributed by atoms with Gasteiger partial charge in [-0.15, -0.1) is 0 Å². The molecule has 0 radical (unpaired) electrons. The van der Waals surface area contributed by atoms with E-state index >= 15 is 0 Å². The van der Waals surface area contributed by atoms with Crippen LogP contribution in [0.4, 0.5) is 0 Å². The Kier molecular flexibility index (Phi) is 5.77. The van der Waals surface area contributed by atoms with Crippen LogP contribution in [0.5, 0.6) is 0 Å². The van der Waals surface area contributed by atoms with Gasteiger partial charge in [-0.25, -0.2) is 12.7 Å². The summed E-state index contributed by atoms with van der Waals surface area (Å²) in [6.45, 7) is 3.23. The van der Waals surface area contributed by atoms with E-state index < -0.39 is 21.9 Å². The van der Waals surface area contributed by atoms with E-state index in [4.69, 9.17) is 5.11 Å². The van der Waals surface area contributed by atoms with Gasteiger partial charge < -0.3 is 5.11 Å². The number of rotatable bonds is 5. The molecule has 0 saturated carbocycles. The molecule has 0 aliphatic carbocycles. The Bertz CT molecular complexity index is 631. The molecule has 0 spiro atoms. The Morgan fingerprint density at radius 1 is 1.35 bits per heavy atom. The van der Waals surface area contributed by atoms with Gasteiger partial charge in [0.1, 0.15) is 0 Å². The highest BCUT2D eigenvalue weighted by molar-refractivity contribution is 9.11. The van der Waals surface area contributed by atoms with Crippen molar-refractivity contribution in [1.29, 1.82) is 0 Å². The van der Waals surface area contributed by atoms with E-state index in [0.29, 0.717) is 8.95 Å². The summed E-state index contributed by atoms with van der Waals surface area (Å²) in [5, 5.41) is 8.86. The predicted molar refractivity (Wildman–Crippen MR) is 83.2 cm³/mol. The third-order valence-corrected chi connectivity index (χ3v) is 6.49. The lowest BCUT2D eigenvalue weighted by atomic mass is 10.2. The number of aryl methyl sites for hydroxylation is 1. The SMILES string of the molecule is Cc1cc(Br)c(S(=O)(=O)N(C)CC(C)C(=O)O)cc1Br. The van der Waals surface area contributed by atoms with Gasteiger partial charge in [-0.2, -0.15) is 0 Å². The fraction of sp³-hybridized carbons (Fsp3) is 0.417. The second kappa shape index (κ2) is 6.55. The molecule has 1 N–H and O–H groups in total. The molecule has 0 amide bonds. The highest BCUT2D eigenvalue weighted by Crippen LogP contribution is 2.30. The van der Waals surface area contributed by atoms with Crippen LogP contribution in [0.25, 0.3) is 0 Å². The molecular formula is C12H15Br2NO4S. The molecule has 0 saturated heterocycles. The number of aliphatic carboxylic acids is 1. The summed E-state index contributed by atoms with van der Waals surface area (Å²) in [6, 6.07) is 3.21. The average Bonchev–Trinajstić information content (AvgIpc) is 2.33. The summed E-state index contributed by atoms with van der Waals surface area (Å²) >= 11 is 6.54. The van der Waals surface area contributed by atoms with Gasteiger partial charge in [0.05, 0.1) is 10.8 Å². The van der Waals surface area contributed by atoms with Crippen molar-refractivity contribution >= 4 is 47.9 Å². The van der Waals surface area contributed by atoms with Crippen LogP contribution in [-0.4, -0.2) is 37.4 Å². The molecule has 0 aromatic heterocycles. The quantitative estimate of drug-likeness (QED) is 0.782. The molecule has 5 nitrogen and oxygen atoms in total. The smallest absolute Gasteiger partial charge is 0.307 e. The number of carbonyl (C=O) groups is 1. The number of hydrogen-bond donors (Lipinski definition) is 1. The van der Waals surface area contributed by atoms with Crippen molar-refractivity contribution in [3.8, 4) is 0 Å². The van der Waals surface area contributed by atoms with Crippen LogP contribution in [0.3, 0.4) is 0 Å². The van der Waals surface area contributed by atoms with E-state index in [1.54, 1.807) is 6.07 Å². The third-order valence-electron chi connectivity index (χ3n) is 2.85. The first-order valence-electron chi connectivity index (χ1n) is 5.72. The minimum atomic E-state index is -3.74. The average molecular weight is 429 g/mol. The molecule has 1 rings (SSSR count). The number of carboxylic acid groups (broad SMARTS) is 1. The molecule has 0 heterocycles. The molecule has 0 bridgehead atoms. The Morgan fingerprint density at radius 2 is 1.90 bits per heavy atom. The molecule has 1 atom stereocenters. The fourth-order valence-corrected chi connectivity index (χ4v) is 4.45.